The van der Waals surface area contributed by atoms with Crippen molar-refractivity contribution >= 4 is 23.0 Å². The van der Waals surface area contributed by atoms with E-state index in [1.807, 2.05) is 24.3 Å². The number of amides is 1. The van der Waals surface area contributed by atoms with Gasteiger partial charge in [0.15, 0.2) is 11.5 Å². The second-order valence-electron chi connectivity index (χ2n) is 5.81. The average Bonchev–Trinajstić information content (AvgIpc) is 2.74. The molecule has 7 heteroatoms. The number of rotatable bonds is 7. The minimum atomic E-state index is -0.316. The van der Waals surface area contributed by atoms with Crippen molar-refractivity contribution in [1.29, 1.82) is 0 Å². The van der Waals surface area contributed by atoms with Gasteiger partial charge < -0.3 is 24.8 Å². The monoisotopic (exact) mass is 379 g/mol. The normalized spacial score (nSPS) is 10.1. The van der Waals surface area contributed by atoms with Gasteiger partial charge in [-0.3, -0.25) is 4.79 Å². The average molecular weight is 379 g/mol. The molecular weight excluding hydrogens is 358 g/mol. The van der Waals surface area contributed by atoms with Crippen molar-refractivity contribution in [2.45, 2.75) is 0 Å². The summed E-state index contributed by atoms with van der Waals surface area (Å²) in [6.07, 6.45) is 1.60. The van der Waals surface area contributed by atoms with Crippen LogP contribution in [0.2, 0.25) is 0 Å². The number of hydrogen-bond donors (Lipinski definition) is 2. The number of pyridine rings is 1. The highest BCUT2D eigenvalue weighted by atomic mass is 16.5. The Bertz CT molecular complexity index is 941. The van der Waals surface area contributed by atoms with Gasteiger partial charge in [0.05, 0.1) is 33.2 Å². The minimum Gasteiger partial charge on any atom is -0.497 e. The molecule has 1 aromatic heterocycles. The number of benzene rings is 2. The number of anilines is 3. The standard InChI is InChI=1S/C21H21N3O4/c1-26-17-8-4-14(5-9-17)23-16-6-10-18(22-13-16)21(25)24-15-7-11-19(27-2)20(12-15)28-3/h4-13,23H,1-3H3,(H,24,25). The minimum absolute atomic E-state index is 0.301. The Kier molecular flexibility index (Phi) is 5.96. The Morgan fingerprint density at radius 2 is 1.46 bits per heavy atom. The van der Waals surface area contributed by atoms with E-state index in [2.05, 4.69) is 15.6 Å². The summed E-state index contributed by atoms with van der Waals surface area (Å²) in [5, 5.41) is 6.01. The van der Waals surface area contributed by atoms with E-state index in [4.69, 9.17) is 14.2 Å². The van der Waals surface area contributed by atoms with Crippen molar-refractivity contribution < 1.29 is 19.0 Å². The number of aromatic nitrogens is 1. The summed E-state index contributed by atoms with van der Waals surface area (Å²) in [6.45, 7) is 0. The zero-order valence-electron chi connectivity index (χ0n) is 15.9. The topological polar surface area (TPSA) is 81.7 Å². The van der Waals surface area contributed by atoms with Gasteiger partial charge in [-0.2, -0.15) is 0 Å². The van der Waals surface area contributed by atoms with E-state index in [1.54, 1.807) is 57.9 Å². The number of hydrogen-bond acceptors (Lipinski definition) is 6. The lowest BCUT2D eigenvalue weighted by molar-refractivity contribution is 0.102. The fraction of sp³-hybridized carbons (Fsp3) is 0.143. The van der Waals surface area contributed by atoms with Gasteiger partial charge >= 0.3 is 0 Å². The third-order valence-corrected chi connectivity index (χ3v) is 4.02. The van der Waals surface area contributed by atoms with Gasteiger partial charge in [0.2, 0.25) is 0 Å². The Hall–Kier alpha value is -3.74. The summed E-state index contributed by atoms with van der Waals surface area (Å²) in [4.78, 5) is 16.7. The molecule has 0 saturated carbocycles. The lowest BCUT2D eigenvalue weighted by atomic mass is 10.2. The summed E-state index contributed by atoms with van der Waals surface area (Å²) < 4.78 is 15.6. The van der Waals surface area contributed by atoms with E-state index in [0.29, 0.717) is 22.9 Å². The van der Waals surface area contributed by atoms with E-state index in [0.717, 1.165) is 17.1 Å². The van der Waals surface area contributed by atoms with Gasteiger partial charge in [0.1, 0.15) is 11.4 Å². The zero-order valence-corrected chi connectivity index (χ0v) is 15.9. The van der Waals surface area contributed by atoms with E-state index in [1.165, 1.54) is 0 Å². The number of ether oxygens (including phenoxy) is 3. The number of methoxy groups -OCH3 is 3. The first-order valence-electron chi connectivity index (χ1n) is 8.53. The van der Waals surface area contributed by atoms with Gasteiger partial charge in [-0.1, -0.05) is 0 Å². The molecule has 0 aliphatic heterocycles. The maximum atomic E-state index is 12.4. The number of nitrogens with one attached hydrogen (secondary N) is 2. The van der Waals surface area contributed by atoms with Crippen LogP contribution < -0.4 is 24.8 Å². The molecule has 0 bridgehead atoms. The molecule has 0 fully saturated rings. The quantitative estimate of drug-likeness (QED) is 0.643. The molecule has 2 N–H and O–H groups in total. The first-order valence-corrected chi connectivity index (χ1v) is 8.53. The highest BCUT2D eigenvalue weighted by Gasteiger charge is 2.10. The number of nitrogens with zero attached hydrogens (tertiary/aromatic N) is 1. The molecule has 0 unspecified atom stereocenters. The van der Waals surface area contributed by atoms with E-state index in [-0.39, 0.29) is 5.91 Å². The van der Waals surface area contributed by atoms with Crippen molar-refractivity contribution in [1.82, 2.24) is 4.98 Å². The molecule has 0 aliphatic rings. The lowest BCUT2D eigenvalue weighted by Crippen LogP contribution is -2.13. The molecule has 0 aliphatic carbocycles. The Balaban J connectivity index is 1.66. The lowest BCUT2D eigenvalue weighted by Gasteiger charge is -2.11. The Morgan fingerprint density at radius 1 is 0.786 bits per heavy atom. The molecule has 3 rings (SSSR count). The predicted molar refractivity (Wildman–Crippen MR) is 108 cm³/mol. The van der Waals surface area contributed by atoms with Crippen molar-refractivity contribution in [3.8, 4) is 17.2 Å². The summed E-state index contributed by atoms with van der Waals surface area (Å²) in [5.41, 5.74) is 2.55. The molecule has 1 heterocycles. The summed E-state index contributed by atoms with van der Waals surface area (Å²) in [6, 6.07) is 16.1. The fourth-order valence-corrected chi connectivity index (χ4v) is 2.55. The van der Waals surface area contributed by atoms with Crippen LogP contribution in [0.3, 0.4) is 0 Å². The van der Waals surface area contributed by atoms with Crippen LogP contribution in [0.1, 0.15) is 10.5 Å². The van der Waals surface area contributed by atoms with Crippen molar-refractivity contribution in [2.75, 3.05) is 32.0 Å². The van der Waals surface area contributed by atoms with Gasteiger partial charge in [-0.05, 0) is 48.5 Å². The third kappa shape index (κ3) is 4.50. The zero-order chi connectivity index (χ0) is 19.9. The number of carbonyl (C=O) groups is 1. The molecular formula is C21H21N3O4. The Morgan fingerprint density at radius 3 is 2.07 bits per heavy atom. The van der Waals surface area contributed by atoms with E-state index < -0.39 is 0 Å². The van der Waals surface area contributed by atoms with Crippen molar-refractivity contribution in [3.05, 3.63) is 66.5 Å². The van der Waals surface area contributed by atoms with E-state index >= 15 is 0 Å². The summed E-state index contributed by atoms with van der Waals surface area (Å²) in [5.74, 6) is 1.59. The molecule has 7 nitrogen and oxygen atoms in total. The SMILES string of the molecule is COc1ccc(Nc2ccc(C(=O)Nc3ccc(OC)c(OC)c3)nc2)cc1. The molecule has 0 saturated heterocycles. The molecule has 0 spiro atoms. The first-order chi connectivity index (χ1) is 13.6. The van der Waals surface area contributed by atoms with Gasteiger partial charge in [-0.25, -0.2) is 4.98 Å². The maximum Gasteiger partial charge on any atom is 0.274 e. The third-order valence-electron chi connectivity index (χ3n) is 4.02. The second-order valence-corrected chi connectivity index (χ2v) is 5.81. The summed E-state index contributed by atoms with van der Waals surface area (Å²) >= 11 is 0. The van der Waals surface area contributed by atoms with Crippen LogP contribution in [0, 0.1) is 0 Å². The van der Waals surface area contributed by atoms with Crippen LogP contribution >= 0.6 is 0 Å². The van der Waals surface area contributed by atoms with Gasteiger partial charge in [0, 0.05) is 17.4 Å². The highest BCUT2D eigenvalue weighted by molar-refractivity contribution is 6.03. The number of carbonyl (C=O) groups excluding carboxylic acids is 1. The smallest absolute Gasteiger partial charge is 0.274 e. The molecule has 0 radical (unpaired) electrons. The largest absolute Gasteiger partial charge is 0.497 e. The molecule has 3 aromatic rings. The van der Waals surface area contributed by atoms with Crippen molar-refractivity contribution in [3.63, 3.8) is 0 Å². The molecule has 28 heavy (non-hydrogen) atoms. The Labute approximate surface area is 163 Å². The van der Waals surface area contributed by atoms with Crippen LogP contribution in [0.15, 0.2) is 60.8 Å². The van der Waals surface area contributed by atoms with Gasteiger partial charge in [0.25, 0.3) is 5.91 Å². The first kappa shape index (κ1) is 19.0. The van der Waals surface area contributed by atoms with Gasteiger partial charge in [-0.15, -0.1) is 0 Å². The van der Waals surface area contributed by atoms with Crippen LogP contribution in [0.5, 0.6) is 17.2 Å². The van der Waals surface area contributed by atoms with Crippen LogP contribution in [-0.2, 0) is 0 Å². The van der Waals surface area contributed by atoms with Crippen LogP contribution in [0.4, 0.5) is 17.1 Å². The summed E-state index contributed by atoms with van der Waals surface area (Å²) in [7, 11) is 4.72. The molecule has 2 aromatic carbocycles. The predicted octanol–water partition coefficient (Wildman–Crippen LogP) is 4.10. The fourth-order valence-electron chi connectivity index (χ4n) is 2.55. The van der Waals surface area contributed by atoms with E-state index in [9.17, 15) is 4.79 Å². The van der Waals surface area contributed by atoms with Crippen LogP contribution in [-0.4, -0.2) is 32.2 Å². The highest BCUT2D eigenvalue weighted by Crippen LogP contribution is 2.30. The molecule has 144 valence electrons. The molecule has 0 atom stereocenters. The molecule has 1 amide bonds. The second kappa shape index (κ2) is 8.77. The van der Waals surface area contributed by atoms with Crippen LogP contribution in [0.25, 0.3) is 0 Å². The van der Waals surface area contributed by atoms with Crippen molar-refractivity contribution in [2.24, 2.45) is 0 Å². The maximum absolute atomic E-state index is 12.4.